The van der Waals surface area contributed by atoms with Gasteiger partial charge in [-0.15, -0.1) is 0 Å². The number of rotatable bonds is 3. The van der Waals surface area contributed by atoms with Gasteiger partial charge >= 0.3 is 0 Å². The third-order valence-corrected chi connectivity index (χ3v) is 3.28. The van der Waals surface area contributed by atoms with Crippen molar-refractivity contribution >= 4 is 5.78 Å². The Kier molecular flexibility index (Phi) is 2.72. The highest BCUT2D eigenvalue weighted by atomic mass is 16.3. The molecule has 92 valence electrons. The van der Waals surface area contributed by atoms with Crippen LogP contribution in [0.3, 0.4) is 0 Å². The number of aromatic nitrogens is 2. The maximum absolute atomic E-state index is 12.0. The minimum atomic E-state index is 0.0382. The van der Waals surface area contributed by atoms with Gasteiger partial charge in [-0.25, -0.2) is 0 Å². The van der Waals surface area contributed by atoms with Crippen LogP contribution < -0.4 is 0 Å². The first-order chi connectivity index (χ1) is 8.81. The van der Waals surface area contributed by atoms with Gasteiger partial charge in [0.15, 0.2) is 5.78 Å². The van der Waals surface area contributed by atoms with E-state index in [0.29, 0.717) is 13.0 Å². The number of carbonyl (C=O) groups excluding carboxylic acids is 1. The van der Waals surface area contributed by atoms with Gasteiger partial charge in [0, 0.05) is 12.0 Å². The summed E-state index contributed by atoms with van der Waals surface area (Å²) in [6.45, 7) is 0.485. The average Bonchev–Trinajstić information content (AvgIpc) is 2.94. The zero-order valence-corrected chi connectivity index (χ0v) is 9.97. The van der Waals surface area contributed by atoms with E-state index in [1.54, 1.807) is 4.68 Å². The van der Waals surface area contributed by atoms with Crippen LogP contribution in [-0.4, -0.2) is 27.3 Å². The molecule has 4 nitrogen and oxygen atoms in total. The Balaban J connectivity index is 2.16. The first-order valence-electron chi connectivity index (χ1n) is 6.10. The first-order valence-corrected chi connectivity index (χ1v) is 6.10. The van der Waals surface area contributed by atoms with Crippen molar-refractivity contribution in [3.63, 3.8) is 0 Å². The van der Waals surface area contributed by atoms with E-state index in [-0.39, 0.29) is 12.4 Å². The van der Waals surface area contributed by atoms with Gasteiger partial charge in [-0.1, -0.05) is 30.3 Å². The van der Waals surface area contributed by atoms with Crippen molar-refractivity contribution in [1.29, 1.82) is 0 Å². The van der Waals surface area contributed by atoms with Gasteiger partial charge in [0.25, 0.3) is 0 Å². The number of aliphatic hydroxyl groups is 1. The fraction of sp³-hybridized carbons (Fsp3) is 0.286. The predicted molar refractivity (Wildman–Crippen MR) is 67.4 cm³/mol. The molecule has 3 rings (SSSR count). The van der Waals surface area contributed by atoms with Gasteiger partial charge in [-0.05, 0) is 6.42 Å². The number of nitrogens with zero attached hydrogens (tertiary/aromatic N) is 2. The highest BCUT2D eigenvalue weighted by Crippen LogP contribution is 2.31. The number of benzene rings is 1. The van der Waals surface area contributed by atoms with Crippen molar-refractivity contribution in [2.24, 2.45) is 0 Å². The minimum absolute atomic E-state index is 0.0382. The second kappa shape index (κ2) is 4.38. The molecule has 0 bridgehead atoms. The maximum Gasteiger partial charge on any atom is 0.167 e. The molecule has 0 saturated carbocycles. The molecule has 1 aliphatic carbocycles. The predicted octanol–water partition coefficient (Wildman–Crippen LogP) is 1.67. The fourth-order valence-electron chi connectivity index (χ4n) is 2.48. The van der Waals surface area contributed by atoms with E-state index in [2.05, 4.69) is 5.10 Å². The summed E-state index contributed by atoms with van der Waals surface area (Å²) in [6, 6.07) is 9.73. The normalized spacial score (nSPS) is 13.9. The SMILES string of the molecule is O=C1CCc2c1c(-c1ccccc1)nn2CCO. The summed E-state index contributed by atoms with van der Waals surface area (Å²) in [6.07, 6.45) is 1.28. The maximum atomic E-state index is 12.0. The van der Waals surface area contributed by atoms with Gasteiger partial charge in [0.2, 0.25) is 0 Å². The van der Waals surface area contributed by atoms with E-state index in [4.69, 9.17) is 5.11 Å². The summed E-state index contributed by atoms with van der Waals surface area (Å²) < 4.78 is 1.77. The largest absolute Gasteiger partial charge is 0.394 e. The van der Waals surface area contributed by atoms with Crippen LogP contribution in [0.25, 0.3) is 11.3 Å². The van der Waals surface area contributed by atoms with Gasteiger partial charge in [0.1, 0.15) is 5.69 Å². The Labute approximate surface area is 105 Å². The lowest BCUT2D eigenvalue weighted by Crippen LogP contribution is -2.07. The summed E-state index contributed by atoms with van der Waals surface area (Å²) in [5, 5.41) is 13.5. The molecule has 0 saturated heterocycles. The van der Waals surface area contributed by atoms with Crippen molar-refractivity contribution in [2.45, 2.75) is 19.4 Å². The molecule has 0 aliphatic heterocycles. The Morgan fingerprint density at radius 1 is 1.22 bits per heavy atom. The molecule has 1 aliphatic rings. The summed E-state index contributed by atoms with van der Waals surface area (Å²) in [5.74, 6) is 0.160. The molecular formula is C14H14N2O2. The monoisotopic (exact) mass is 242 g/mol. The second-order valence-electron chi connectivity index (χ2n) is 4.41. The second-order valence-corrected chi connectivity index (χ2v) is 4.41. The van der Waals surface area contributed by atoms with Gasteiger partial charge < -0.3 is 5.11 Å². The highest BCUT2D eigenvalue weighted by Gasteiger charge is 2.29. The third-order valence-electron chi connectivity index (χ3n) is 3.28. The number of ketones is 1. The number of aliphatic hydroxyl groups excluding tert-OH is 1. The number of hydrogen-bond acceptors (Lipinski definition) is 3. The first kappa shape index (κ1) is 11.2. The molecule has 0 unspecified atom stereocenters. The van der Waals surface area contributed by atoms with E-state index < -0.39 is 0 Å². The highest BCUT2D eigenvalue weighted by molar-refractivity contribution is 6.05. The van der Waals surface area contributed by atoms with Crippen LogP contribution in [0.5, 0.6) is 0 Å². The summed E-state index contributed by atoms with van der Waals surface area (Å²) in [5.41, 5.74) is 3.42. The van der Waals surface area contributed by atoms with Crippen LogP contribution in [0.4, 0.5) is 0 Å². The molecule has 1 N–H and O–H groups in total. The van der Waals surface area contributed by atoms with Crippen LogP contribution in [-0.2, 0) is 13.0 Å². The number of carbonyl (C=O) groups is 1. The van der Waals surface area contributed by atoms with Crippen molar-refractivity contribution in [3.8, 4) is 11.3 Å². The van der Waals surface area contributed by atoms with E-state index in [9.17, 15) is 4.79 Å². The summed E-state index contributed by atoms with van der Waals surface area (Å²) in [7, 11) is 0. The minimum Gasteiger partial charge on any atom is -0.394 e. The molecule has 4 heteroatoms. The zero-order chi connectivity index (χ0) is 12.5. The van der Waals surface area contributed by atoms with Crippen molar-refractivity contribution in [1.82, 2.24) is 9.78 Å². The Hall–Kier alpha value is -1.94. The van der Waals surface area contributed by atoms with Gasteiger partial charge in [-0.3, -0.25) is 9.48 Å². The quantitative estimate of drug-likeness (QED) is 0.890. The van der Waals surface area contributed by atoms with Gasteiger partial charge in [0.05, 0.1) is 24.4 Å². The average molecular weight is 242 g/mol. The van der Waals surface area contributed by atoms with Gasteiger partial charge in [-0.2, -0.15) is 5.10 Å². The Morgan fingerprint density at radius 3 is 2.72 bits per heavy atom. The zero-order valence-electron chi connectivity index (χ0n) is 9.97. The molecule has 0 atom stereocenters. The van der Waals surface area contributed by atoms with E-state index in [1.807, 2.05) is 30.3 Å². The summed E-state index contributed by atoms with van der Waals surface area (Å²) in [4.78, 5) is 12.0. The molecule has 0 spiro atoms. The number of Topliss-reactive ketones (excluding diaryl/α,β-unsaturated/α-hetero) is 1. The molecule has 1 heterocycles. The van der Waals surface area contributed by atoms with Crippen molar-refractivity contribution in [2.75, 3.05) is 6.61 Å². The van der Waals surface area contributed by atoms with Crippen LogP contribution in [0, 0.1) is 0 Å². The lowest BCUT2D eigenvalue weighted by Gasteiger charge is -2.01. The lowest BCUT2D eigenvalue weighted by atomic mass is 10.1. The molecule has 2 aromatic rings. The molecule has 0 fully saturated rings. The topological polar surface area (TPSA) is 55.1 Å². The summed E-state index contributed by atoms with van der Waals surface area (Å²) >= 11 is 0. The van der Waals surface area contributed by atoms with E-state index >= 15 is 0 Å². The molecular weight excluding hydrogens is 228 g/mol. The Morgan fingerprint density at radius 2 is 2.00 bits per heavy atom. The number of fused-ring (bicyclic) bond motifs is 1. The molecule has 1 aromatic heterocycles. The molecule has 0 amide bonds. The van der Waals surface area contributed by atoms with Crippen molar-refractivity contribution < 1.29 is 9.90 Å². The van der Waals surface area contributed by atoms with E-state index in [1.165, 1.54) is 0 Å². The van der Waals surface area contributed by atoms with Crippen LogP contribution in [0.2, 0.25) is 0 Å². The van der Waals surface area contributed by atoms with Crippen molar-refractivity contribution in [3.05, 3.63) is 41.6 Å². The molecule has 1 aromatic carbocycles. The van der Waals surface area contributed by atoms with Crippen LogP contribution >= 0.6 is 0 Å². The van der Waals surface area contributed by atoms with E-state index in [0.717, 1.165) is 28.9 Å². The standard InChI is InChI=1S/C14H14N2O2/c17-9-8-16-11-6-7-12(18)13(11)14(15-16)10-4-2-1-3-5-10/h1-5,17H,6-9H2. The molecule has 0 radical (unpaired) electrons. The molecule has 18 heavy (non-hydrogen) atoms. The van der Waals surface area contributed by atoms with Crippen LogP contribution in [0.1, 0.15) is 22.5 Å². The fourth-order valence-corrected chi connectivity index (χ4v) is 2.48. The number of hydrogen-bond donors (Lipinski definition) is 1. The Bertz CT molecular complexity index is 587. The lowest BCUT2D eigenvalue weighted by molar-refractivity contribution is 0.0995. The third kappa shape index (κ3) is 1.66. The van der Waals surface area contributed by atoms with Crippen LogP contribution in [0.15, 0.2) is 30.3 Å². The smallest absolute Gasteiger partial charge is 0.167 e.